The minimum atomic E-state index is -3.26. The van der Waals surface area contributed by atoms with Gasteiger partial charge in [-0.25, -0.2) is 8.42 Å². The van der Waals surface area contributed by atoms with Crippen molar-refractivity contribution in [1.82, 2.24) is 5.32 Å². The molecular formula is C12H18ClNO2S. The van der Waals surface area contributed by atoms with Gasteiger partial charge in [-0.2, -0.15) is 0 Å². The highest BCUT2D eigenvalue weighted by Crippen LogP contribution is 2.18. The van der Waals surface area contributed by atoms with Crippen LogP contribution in [0.25, 0.3) is 0 Å². The molecule has 1 rings (SSSR count). The highest BCUT2D eigenvalue weighted by Gasteiger charge is 2.22. The van der Waals surface area contributed by atoms with Gasteiger partial charge in [0.2, 0.25) is 0 Å². The van der Waals surface area contributed by atoms with E-state index in [1.807, 2.05) is 6.92 Å². The summed E-state index contributed by atoms with van der Waals surface area (Å²) < 4.78 is 24.3. The minimum Gasteiger partial charge on any atom is -0.315 e. The van der Waals surface area contributed by atoms with Gasteiger partial charge in [0, 0.05) is 11.6 Å². The molecular weight excluding hydrogens is 258 g/mol. The van der Waals surface area contributed by atoms with Crippen molar-refractivity contribution >= 4 is 21.4 Å². The van der Waals surface area contributed by atoms with Crippen LogP contribution in [0.4, 0.5) is 0 Å². The molecule has 3 nitrogen and oxygen atoms in total. The SMILES string of the molecule is CCCNCC(C)S(=O)(=O)c1ccc(Cl)cc1. The first kappa shape index (κ1) is 14.5. The number of nitrogens with one attached hydrogen (secondary N) is 1. The van der Waals surface area contributed by atoms with Crippen molar-refractivity contribution in [3.05, 3.63) is 29.3 Å². The number of sulfone groups is 1. The summed E-state index contributed by atoms with van der Waals surface area (Å²) in [6.07, 6.45) is 0.994. The van der Waals surface area contributed by atoms with Crippen molar-refractivity contribution in [1.29, 1.82) is 0 Å². The number of hydrogen-bond acceptors (Lipinski definition) is 3. The molecule has 0 fully saturated rings. The Kier molecular flexibility index (Phi) is 5.43. The normalized spacial score (nSPS) is 13.6. The molecule has 0 saturated heterocycles. The maximum Gasteiger partial charge on any atom is 0.182 e. The van der Waals surface area contributed by atoms with E-state index in [0.717, 1.165) is 13.0 Å². The van der Waals surface area contributed by atoms with E-state index in [-0.39, 0.29) is 0 Å². The van der Waals surface area contributed by atoms with Crippen molar-refractivity contribution in [3.8, 4) is 0 Å². The lowest BCUT2D eigenvalue weighted by Crippen LogP contribution is -2.31. The third kappa shape index (κ3) is 3.98. The molecule has 0 bridgehead atoms. The number of benzene rings is 1. The second-order valence-corrected chi connectivity index (χ2v) is 6.82. The van der Waals surface area contributed by atoms with Gasteiger partial charge in [-0.15, -0.1) is 0 Å². The molecule has 0 aliphatic carbocycles. The molecule has 0 aromatic heterocycles. The van der Waals surface area contributed by atoms with E-state index in [1.165, 1.54) is 0 Å². The van der Waals surface area contributed by atoms with Crippen LogP contribution in [0.5, 0.6) is 0 Å². The van der Waals surface area contributed by atoms with Gasteiger partial charge in [-0.05, 0) is 44.2 Å². The van der Waals surface area contributed by atoms with Crippen LogP contribution >= 0.6 is 11.6 Å². The Morgan fingerprint density at radius 2 is 1.88 bits per heavy atom. The summed E-state index contributed by atoms with van der Waals surface area (Å²) in [7, 11) is -3.26. The van der Waals surface area contributed by atoms with Gasteiger partial charge < -0.3 is 5.32 Å². The Morgan fingerprint density at radius 3 is 2.41 bits per heavy atom. The summed E-state index contributed by atoms with van der Waals surface area (Å²) in [6.45, 7) is 5.07. The van der Waals surface area contributed by atoms with Gasteiger partial charge >= 0.3 is 0 Å². The van der Waals surface area contributed by atoms with E-state index >= 15 is 0 Å². The Morgan fingerprint density at radius 1 is 1.29 bits per heavy atom. The first-order chi connectivity index (χ1) is 7.98. The quantitative estimate of drug-likeness (QED) is 0.812. The van der Waals surface area contributed by atoms with Crippen molar-refractivity contribution in [2.75, 3.05) is 13.1 Å². The van der Waals surface area contributed by atoms with E-state index in [2.05, 4.69) is 5.32 Å². The zero-order chi connectivity index (χ0) is 12.9. The smallest absolute Gasteiger partial charge is 0.182 e. The molecule has 17 heavy (non-hydrogen) atoms. The van der Waals surface area contributed by atoms with Crippen LogP contribution in [0.1, 0.15) is 20.3 Å². The molecule has 5 heteroatoms. The molecule has 0 saturated carbocycles. The van der Waals surface area contributed by atoms with E-state index < -0.39 is 15.1 Å². The van der Waals surface area contributed by atoms with Crippen molar-refractivity contribution in [2.45, 2.75) is 30.4 Å². The lowest BCUT2D eigenvalue weighted by Gasteiger charge is -2.13. The third-order valence-corrected chi connectivity index (χ3v) is 4.94. The summed E-state index contributed by atoms with van der Waals surface area (Å²) in [5.41, 5.74) is 0. The Bertz CT molecular complexity index is 442. The molecule has 0 spiro atoms. The maximum atomic E-state index is 12.2. The minimum absolute atomic E-state index is 0.327. The molecule has 0 aliphatic rings. The third-order valence-electron chi connectivity index (χ3n) is 2.53. The summed E-state index contributed by atoms with van der Waals surface area (Å²) in [5.74, 6) is 0. The molecule has 0 radical (unpaired) electrons. The van der Waals surface area contributed by atoms with Crippen molar-refractivity contribution in [3.63, 3.8) is 0 Å². The van der Waals surface area contributed by atoms with Crippen LogP contribution in [0, 0.1) is 0 Å². The Labute approximate surface area is 108 Å². The fraction of sp³-hybridized carbons (Fsp3) is 0.500. The second-order valence-electron chi connectivity index (χ2n) is 4.01. The maximum absolute atomic E-state index is 12.2. The monoisotopic (exact) mass is 275 g/mol. The Balaban J connectivity index is 2.76. The summed E-state index contributed by atoms with van der Waals surface area (Å²) in [6, 6.07) is 6.29. The number of hydrogen-bond donors (Lipinski definition) is 1. The first-order valence-electron chi connectivity index (χ1n) is 5.68. The van der Waals surface area contributed by atoms with E-state index in [9.17, 15) is 8.42 Å². The molecule has 1 aromatic rings. The zero-order valence-electron chi connectivity index (χ0n) is 10.1. The molecule has 1 atom stereocenters. The topological polar surface area (TPSA) is 46.2 Å². The highest BCUT2D eigenvalue weighted by molar-refractivity contribution is 7.92. The van der Waals surface area contributed by atoms with Gasteiger partial charge in [-0.1, -0.05) is 18.5 Å². The van der Waals surface area contributed by atoms with Crippen LogP contribution in [0.3, 0.4) is 0 Å². The summed E-state index contributed by atoms with van der Waals surface area (Å²) >= 11 is 5.74. The van der Waals surface area contributed by atoms with Gasteiger partial charge in [0.1, 0.15) is 0 Å². The van der Waals surface area contributed by atoms with Gasteiger partial charge in [0.15, 0.2) is 9.84 Å². The molecule has 1 N–H and O–H groups in total. The van der Waals surface area contributed by atoms with Gasteiger partial charge in [0.05, 0.1) is 10.1 Å². The molecule has 0 amide bonds. The number of rotatable bonds is 6. The van der Waals surface area contributed by atoms with Crippen molar-refractivity contribution < 1.29 is 8.42 Å². The predicted molar refractivity (Wildman–Crippen MR) is 71.3 cm³/mol. The highest BCUT2D eigenvalue weighted by atomic mass is 35.5. The van der Waals surface area contributed by atoms with Gasteiger partial charge in [-0.3, -0.25) is 0 Å². The standard InChI is InChI=1S/C12H18ClNO2S/c1-3-8-14-9-10(2)17(15,16)12-6-4-11(13)5-7-12/h4-7,10,14H,3,8-9H2,1-2H3. The average Bonchev–Trinajstić information content (AvgIpc) is 2.29. The average molecular weight is 276 g/mol. The van der Waals surface area contributed by atoms with E-state index in [4.69, 9.17) is 11.6 Å². The van der Waals surface area contributed by atoms with Crippen LogP contribution in [-0.2, 0) is 9.84 Å². The molecule has 0 heterocycles. The largest absolute Gasteiger partial charge is 0.315 e. The van der Waals surface area contributed by atoms with E-state index in [1.54, 1.807) is 31.2 Å². The fourth-order valence-electron chi connectivity index (χ4n) is 1.45. The molecule has 96 valence electrons. The molecule has 1 aromatic carbocycles. The second kappa shape index (κ2) is 6.38. The molecule has 1 unspecified atom stereocenters. The lowest BCUT2D eigenvalue weighted by atomic mass is 10.4. The summed E-state index contributed by atoms with van der Waals surface area (Å²) in [5, 5.41) is 3.22. The zero-order valence-corrected chi connectivity index (χ0v) is 11.7. The van der Waals surface area contributed by atoms with Crippen LogP contribution in [0.15, 0.2) is 29.2 Å². The number of halogens is 1. The van der Waals surface area contributed by atoms with Crippen molar-refractivity contribution in [2.24, 2.45) is 0 Å². The van der Waals surface area contributed by atoms with Crippen LogP contribution < -0.4 is 5.32 Å². The fourth-order valence-corrected chi connectivity index (χ4v) is 2.89. The predicted octanol–water partition coefficient (Wildman–Crippen LogP) is 2.50. The van der Waals surface area contributed by atoms with Crippen LogP contribution in [0.2, 0.25) is 5.02 Å². The lowest BCUT2D eigenvalue weighted by molar-refractivity contribution is 0.571. The van der Waals surface area contributed by atoms with Gasteiger partial charge in [0.25, 0.3) is 0 Å². The summed E-state index contributed by atoms with van der Waals surface area (Å²) in [4.78, 5) is 0.327. The molecule has 0 aliphatic heterocycles. The van der Waals surface area contributed by atoms with Crippen LogP contribution in [-0.4, -0.2) is 26.8 Å². The first-order valence-corrected chi connectivity index (χ1v) is 7.61. The van der Waals surface area contributed by atoms with E-state index in [0.29, 0.717) is 16.5 Å². The Hall–Kier alpha value is -0.580.